The molecule has 100 valence electrons. The summed E-state index contributed by atoms with van der Waals surface area (Å²) in [4.78, 5) is 5.33. The van der Waals surface area contributed by atoms with Crippen LogP contribution in [-0.4, -0.2) is 54.1 Å². The van der Waals surface area contributed by atoms with E-state index in [0.29, 0.717) is 0 Å². The monoisotopic (exact) mass is 239 g/mol. The molecule has 2 fully saturated rings. The minimum atomic E-state index is 0.284. The largest absolute Gasteiger partial charge is 0.329 e. The Balaban J connectivity index is 1.96. The first-order chi connectivity index (χ1) is 8.25. The van der Waals surface area contributed by atoms with Crippen LogP contribution < -0.4 is 5.73 Å². The van der Waals surface area contributed by atoms with Crippen molar-refractivity contribution in [2.45, 2.75) is 57.5 Å². The highest BCUT2D eigenvalue weighted by Gasteiger charge is 2.45. The molecule has 0 aromatic heterocycles. The number of nitrogens with two attached hydrogens (primary N) is 1. The average molecular weight is 239 g/mol. The second-order valence-corrected chi connectivity index (χ2v) is 5.81. The maximum Gasteiger partial charge on any atom is 0.0470 e. The zero-order chi connectivity index (χ0) is 12.3. The van der Waals surface area contributed by atoms with Crippen molar-refractivity contribution in [3.63, 3.8) is 0 Å². The molecule has 1 saturated carbocycles. The fourth-order valence-electron chi connectivity index (χ4n) is 3.27. The highest BCUT2D eigenvalue weighted by atomic mass is 15.3. The number of rotatable bonds is 7. The van der Waals surface area contributed by atoms with E-state index in [1.165, 1.54) is 51.7 Å². The fraction of sp³-hybridized carbons (Fsp3) is 1.00. The topological polar surface area (TPSA) is 32.5 Å². The number of nitrogens with zero attached hydrogens (tertiary/aromatic N) is 2. The molecule has 2 N–H and O–H groups in total. The third-order valence-corrected chi connectivity index (χ3v) is 4.64. The normalized spacial score (nSPS) is 30.4. The first-order valence-corrected chi connectivity index (χ1v) is 7.45. The minimum absolute atomic E-state index is 0.284. The molecule has 0 bridgehead atoms. The lowest BCUT2D eigenvalue weighted by Gasteiger charge is -2.40. The van der Waals surface area contributed by atoms with Crippen molar-refractivity contribution in [2.24, 2.45) is 5.73 Å². The summed E-state index contributed by atoms with van der Waals surface area (Å²) in [5, 5.41) is 0. The number of hydrogen-bond donors (Lipinski definition) is 1. The molecule has 1 aliphatic carbocycles. The summed E-state index contributed by atoms with van der Waals surface area (Å²) >= 11 is 0. The van der Waals surface area contributed by atoms with Crippen LogP contribution in [0.15, 0.2) is 0 Å². The van der Waals surface area contributed by atoms with Crippen LogP contribution in [0.25, 0.3) is 0 Å². The van der Waals surface area contributed by atoms with Crippen LogP contribution in [0.2, 0.25) is 0 Å². The Morgan fingerprint density at radius 2 is 2.12 bits per heavy atom. The lowest BCUT2D eigenvalue weighted by Crippen LogP contribution is -2.56. The SMILES string of the molecule is CCCCN(CC)C1(CN)CCN(C2CC2)C1. The first-order valence-electron chi connectivity index (χ1n) is 7.45. The Hall–Kier alpha value is -0.120. The van der Waals surface area contributed by atoms with Crippen LogP contribution >= 0.6 is 0 Å². The lowest BCUT2D eigenvalue weighted by atomic mass is 9.95. The van der Waals surface area contributed by atoms with Gasteiger partial charge in [0, 0.05) is 31.2 Å². The Morgan fingerprint density at radius 3 is 2.65 bits per heavy atom. The molecule has 0 radical (unpaired) electrons. The molecule has 17 heavy (non-hydrogen) atoms. The number of unbranched alkanes of at least 4 members (excludes halogenated alkanes) is 1. The molecule has 0 aromatic rings. The molecular weight excluding hydrogens is 210 g/mol. The third kappa shape index (κ3) is 2.83. The molecule has 0 spiro atoms. The lowest BCUT2D eigenvalue weighted by molar-refractivity contribution is 0.102. The van der Waals surface area contributed by atoms with Gasteiger partial charge in [-0.15, -0.1) is 0 Å². The van der Waals surface area contributed by atoms with E-state index in [9.17, 15) is 0 Å². The standard InChI is InChI=1S/C14H29N3/c1-3-5-9-17(4-2)14(11-15)8-10-16(12-14)13-6-7-13/h13H,3-12,15H2,1-2H3. The summed E-state index contributed by atoms with van der Waals surface area (Å²) < 4.78 is 0. The van der Waals surface area contributed by atoms with Gasteiger partial charge in [-0.25, -0.2) is 0 Å². The Kier molecular flexibility index (Phi) is 4.45. The van der Waals surface area contributed by atoms with Crippen molar-refractivity contribution >= 4 is 0 Å². The molecule has 3 nitrogen and oxygen atoms in total. The van der Waals surface area contributed by atoms with E-state index >= 15 is 0 Å². The zero-order valence-corrected chi connectivity index (χ0v) is 11.6. The van der Waals surface area contributed by atoms with Gasteiger partial charge < -0.3 is 5.73 Å². The van der Waals surface area contributed by atoms with Gasteiger partial charge in [0.05, 0.1) is 0 Å². The highest BCUT2D eigenvalue weighted by molar-refractivity contribution is 5.03. The van der Waals surface area contributed by atoms with E-state index in [4.69, 9.17) is 5.73 Å². The summed E-state index contributed by atoms with van der Waals surface area (Å²) in [5.41, 5.74) is 6.42. The van der Waals surface area contributed by atoms with Crippen molar-refractivity contribution in [3.05, 3.63) is 0 Å². The van der Waals surface area contributed by atoms with E-state index < -0.39 is 0 Å². The fourth-order valence-corrected chi connectivity index (χ4v) is 3.27. The van der Waals surface area contributed by atoms with Gasteiger partial charge in [-0.2, -0.15) is 0 Å². The molecule has 3 heteroatoms. The van der Waals surface area contributed by atoms with E-state index in [0.717, 1.165) is 19.1 Å². The highest BCUT2D eigenvalue weighted by Crippen LogP contribution is 2.35. The van der Waals surface area contributed by atoms with Gasteiger partial charge in [0.15, 0.2) is 0 Å². The van der Waals surface area contributed by atoms with Crippen molar-refractivity contribution in [1.29, 1.82) is 0 Å². The summed E-state index contributed by atoms with van der Waals surface area (Å²) in [6.45, 7) is 10.2. The molecule has 0 aromatic carbocycles. The van der Waals surface area contributed by atoms with Crippen LogP contribution in [0, 0.1) is 0 Å². The van der Waals surface area contributed by atoms with Gasteiger partial charge in [-0.3, -0.25) is 9.80 Å². The summed E-state index contributed by atoms with van der Waals surface area (Å²) in [5.74, 6) is 0. The summed E-state index contributed by atoms with van der Waals surface area (Å²) in [6.07, 6.45) is 6.70. The maximum atomic E-state index is 6.13. The van der Waals surface area contributed by atoms with Gasteiger partial charge in [-0.1, -0.05) is 20.3 Å². The predicted molar refractivity (Wildman–Crippen MR) is 73.2 cm³/mol. The molecule has 1 unspecified atom stereocenters. The molecule has 1 aliphatic heterocycles. The van der Waals surface area contributed by atoms with Crippen LogP contribution in [0.3, 0.4) is 0 Å². The van der Waals surface area contributed by atoms with Crippen molar-refractivity contribution in [1.82, 2.24) is 9.80 Å². The molecule has 1 heterocycles. The average Bonchev–Trinajstić information content (AvgIpc) is 3.12. The molecule has 1 saturated heterocycles. The summed E-state index contributed by atoms with van der Waals surface area (Å²) in [7, 11) is 0. The van der Waals surface area contributed by atoms with Gasteiger partial charge in [0.1, 0.15) is 0 Å². The van der Waals surface area contributed by atoms with Gasteiger partial charge in [0.25, 0.3) is 0 Å². The van der Waals surface area contributed by atoms with Crippen molar-refractivity contribution in [2.75, 3.05) is 32.7 Å². The van der Waals surface area contributed by atoms with Gasteiger partial charge in [0.2, 0.25) is 0 Å². The Bertz CT molecular complexity index is 240. The number of likely N-dealkylation sites (tertiary alicyclic amines) is 1. The smallest absolute Gasteiger partial charge is 0.0470 e. The Labute approximate surface area is 106 Å². The van der Waals surface area contributed by atoms with E-state index in [1.807, 2.05) is 0 Å². The van der Waals surface area contributed by atoms with E-state index in [-0.39, 0.29) is 5.54 Å². The van der Waals surface area contributed by atoms with Crippen molar-refractivity contribution in [3.8, 4) is 0 Å². The maximum absolute atomic E-state index is 6.13. The quantitative estimate of drug-likeness (QED) is 0.733. The van der Waals surface area contributed by atoms with Gasteiger partial charge in [-0.05, 0) is 38.8 Å². The molecular formula is C14H29N3. The predicted octanol–water partition coefficient (Wildman–Crippen LogP) is 1.67. The molecule has 2 rings (SSSR count). The van der Waals surface area contributed by atoms with E-state index in [1.54, 1.807) is 0 Å². The number of likely N-dealkylation sites (N-methyl/N-ethyl adjacent to an activating group) is 1. The van der Waals surface area contributed by atoms with Crippen molar-refractivity contribution < 1.29 is 0 Å². The summed E-state index contributed by atoms with van der Waals surface area (Å²) in [6, 6.07) is 0.897. The van der Waals surface area contributed by atoms with Crippen LogP contribution in [0.4, 0.5) is 0 Å². The first kappa shape index (κ1) is 13.3. The van der Waals surface area contributed by atoms with Crippen LogP contribution in [0.1, 0.15) is 46.0 Å². The second kappa shape index (κ2) is 5.68. The molecule has 0 amide bonds. The number of hydrogen-bond acceptors (Lipinski definition) is 3. The minimum Gasteiger partial charge on any atom is -0.329 e. The second-order valence-electron chi connectivity index (χ2n) is 5.81. The van der Waals surface area contributed by atoms with E-state index in [2.05, 4.69) is 23.6 Å². The molecule has 1 atom stereocenters. The van der Waals surface area contributed by atoms with Crippen LogP contribution in [0.5, 0.6) is 0 Å². The van der Waals surface area contributed by atoms with Crippen LogP contribution in [-0.2, 0) is 0 Å². The molecule has 2 aliphatic rings. The zero-order valence-electron chi connectivity index (χ0n) is 11.6. The Morgan fingerprint density at radius 1 is 1.35 bits per heavy atom. The third-order valence-electron chi connectivity index (χ3n) is 4.64. The van der Waals surface area contributed by atoms with Gasteiger partial charge >= 0.3 is 0 Å².